The van der Waals surface area contributed by atoms with Gasteiger partial charge in [0.15, 0.2) is 23.1 Å². The minimum Gasteiger partial charge on any atom is -0.493 e. The summed E-state index contributed by atoms with van der Waals surface area (Å²) in [6.45, 7) is 3.87. The van der Waals surface area contributed by atoms with Gasteiger partial charge in [-0.15, -0.1) is 10.2 Å². The lowest BCUT2D eigenvalue weighted by Gasteiger charge is -2.12. The summed E-state index contributed by atoms with van der Waals surface area (Å²) in [4.78, 5) is 0.0605. The summed E-state index contributed by atoms with van der Waals surface area (Å²) in [6.07, 6.45) is 0. The van der Waals surface area contributed by atoms with Gasteiger partial charge in [0.05, 0.1) is 24.8 Å². The van der Waals surface area contributed by atoms with E-state index in [0.29, 0.717) is 28.8 Å². The first-order valence-corrected chi connectivity index (χ1v) is 11.8. The van der Waals surface area contributed by atoms with Crippen molar-refractivity contribution in [3.05, 3.63) is 72.1 Å². The summed E-state index contributed by atoms with van der Waals surface area (Å²) in [5.41, 5.74) is 3.01. The number of nitrogens with zero attached hydrogens (tertiary/aromatic N) is 4. The third-order valence-electron chi connectivity index (χ3n) is 4.95. The van der Waals surface area contributed by atoms with Gasteiger partial charge in [-0.3, -0.25) is 4.72 Å². The molecule has 0 saturated heterocycles. The Kier molecular flexibility index (Phi) is 6.37. The fourth-order valence-corrected chi connectivity index (χ4v) is 4.41. The Labute approximate surface area is 197 Å². The van der Waals surface area contributed by atoms with Crippen LogP contribution < -0.4 is 19.5 Å². The van der Waals surface area contributed by atoms with Gasteiger partial charge >= 0.3 is 0 Å². The highest BCUT2D eigenvalue weighted by atomic mass is 32.2. The van der Waals surface area contributed by atoms with Crippen molar-refractivity contribution in [2.75, 3.05) is 24.3 Å². The first kappa shape index (κ1) is 23.1. The highest BCUT2D eigenvalue weighted by molar-refractivity contribution is 7.92. The topological polar surface area (TPSA) is 120 Å². The van der Waals surface area contributed by atoms with Crippen LogP contribution in [-0.2, 0) is 10.0 Å². The van der Waals surface area contributed by atoms with Crippen molar-refractivity contribution < 1.29 is 17.9 Å². The van der Waals surface area contributed by atoms with Gasteiger partial charge < -0.3 is 14.8 Å². The van der Waals surface area contributed by atoms with E-state index in [2.05, 4.69) is 25.3 Å². The summed E-state index contributed by atoms with van der Waals surface area (Å²) < 4.78 is 40.2. The number of nitrogens with one attached hydrogen (secondary N) is 2. The molecule has 0 atom stereocenters. The third kappa shape index (κ3) is 4.94. The monoisotopic (exact) mass is 480 g/mol. The van der Waals surface area contributed by atoms with Crippen LogP contribution in [0.3, 0.4) is 0 Å². The van der Waals surface area contributed by atoms with E-state index < -0.39 is 10.0 Å². The standard InChI is InChI=1S/C23H24N6O4S/c1-15-13-16(2)29(27-15)23-12-11-22(25-26-23)24-17-5-7-18(8-6-17)28-34(30,31)19-9-10-20(32-3)21(14-19)33-4/h5-14,28H,1-4H3,(H,24,25). The number of methoxy groups -OCH3 is 2. The van der Waals surface area contributed by atoms with E-state index in [1.807, 2.05) is 26.0 Å². The number of hydrogen-bond acceptors (Lipinski definition) is 8. The minimum absolute atomic E-state index is 0.0605. The predicted molar refractivity (Wildman–Crippen MR) is 129 cm³/mol. The van der Waals surface area contributed by atoms with Crippen LogP contribution in [0.2, 0.25) is 0 Å². The van der Waals surface area contributed by atoms with Gasteiger partial charge in [0.25, 0.3) is 10.0 Å². The third-order valence-corrected chi connectivity index (χ3v) is 6.33. The lowest BCUT2D eigenvalue weighted by molar-refractivity contribution is 0.354. The average Bonchev–Trinajstić information content (AvgIpc) is 3.17. The Hall–Kier alpha value is -4.12. The van der Waals surface area contributed by atoms with E-state index in [9.17, 15) is 8.42 Å². The van der Waals surface area contributed by atoms with Crippen LogP contribution in [0.25, 0.3) is 5.82 Å². The van der Waals surface area contributed by atoms with Crippen molar-refractivity contribution >= 4 is 27.2 Å². The van der Waals surface area contributed by atoms with Gasteiger partial charge in [-0.2, -0.15) is 5.10 Å². The first-order chi connectivity index (χ1) is 16.3. The van der Waals surface area contributed by atoms with Crippen molar-refractivity contribution in [3.63, 3.8) is 0 Å². The molecule has 4 aromatic rings. The summed E-state index contributed by atoms with van der Waals surface area (Å²) in [5.74, 6) is 1.94. The molecule has 2 aromatic carbocycles. The maximum atomic E-state index is 12.8. The van der Waals surface area contributed by atoms with Gasteiger partial charge in [0.1, 0.15) is 0 Å². The zero-order valence-electron chi connectivity index (χ0n) is 19.1. The Morgan fingerprint density at radius 3 is 2.12 bits per heavy atom. The quantitative estimate of drug-likeness (QED) is 0.390. The maximum absolute atomic E-state index is 12.8. The van der Waals surface area contributed by atoms with Crippen LogP contribution in [0.4, 0.5) is 17.2 Å². The molecule has 0 saturated carbocycles. The van der Waals surface area contributed by atoms with Gasteiger partial charge in [-0.05, 0) is 68.4 Å². The molecule has 0 spiro atoms. The molecule has 4 rings (SSSR count). The van der Waals surface area contributed by atoms with E-state index in [1.165, 1.54) is 26.4 Å². The first-order valence-electron chi connectivity index (χ1n) is 10.3. The smallest absolute Gasteiger partial charge is 0.262 e. The van der Waals surface area contributed by atoms with Crippen LogP contribution in [-0.4, -0.2) is 42.6 Å². The van der Waals surface area contributed by atoms with Crippen molar-refractivity contribution in [2.45, 2.75) is 18.7 Å². The van der Waals surface area contributed by atoms with Crippen LogP contribution in [0.15, 0.2) is 65.6 Å². The molecule has 0 fully saturated rings. The molecule has 11 heteroatoms. The van der Waals surface area contributed by atoms with E-state index in [0.717, 1.165) is 17.1 Å². The lowest BCUT2D eigenvalue weighted by Crippen LogP contribution is -2.13. The zero-order chi connectivity index (χ0) is 24.3. The number of sulfonamides is 1. The van der Waals surface area contributed by atoms with Gasteiger partial charge in [0, 0.05) is 23.1 Å². The van der Waals surface area contributed by atoms with Gasteiger partial charge in [-0.25, -0.2) is 13.1 Å². The lowest BCUT2D eigenvalue weighted by atomic mass is 10.3. The van der Waals surface area contributed by atoms with Crippen molar-refractivity contribution in [2.24, 2.45) is 0 Å². The number of benzene rings is 2. The second-order valence-electron chi connectivity index (χ2n) is 7.44. The second kappa shape index (κ2) is 9.40. The average molecular weight is 481 g/mol. The molecule has 34 heavy (non-hydrogen) atoms. The van der Waals surface area contributed by atoms with Gasteiger partial charge in [-0.1, -0.05) is 0 Å². The Bertz CT molecular complexity index is 1400. The molecule has 0 aliphatic carbocycles. The zero-order valence-corrected chi connectivity index (χ0v) is 19.9. The summed E-state index contributed by atoms with van der Waals surface area (Å²) in [6, 6.07) is 16.8. The highest BCUT2D eigenvalue weighted by Crippen LogP contribution is 2.30. The Morgan fingerprint density at radius 2 is 1.53 bits per heavy atom. The molecule has 0 unspecified atom stereocenters. The number of hydrogen-bond donors (Lipinski definition) is 2. The van der Waals surface area contributed by atoms with Crippen LogP contribution >= 0.6 is 0 Å². The molecular weight excluding hydrogens is 456 g/mol. The van der Waals surface area contributed by atoms with E-state index >= 15 is 0 Å². The molecular formula is C23H24N6O4S. The largest absolute Gasteiger partial charge is 0.493 e. The number of aromatic nitrogens is 4. The number of rotatable bonds is 8. The molecule has 0 aliphatic rings. The summed E-state index contributed by atoms with van der Waals surface area (Å²) >= 11 is 0. The van der Waals surface area contributed by atoms with Crippen molar-refractivity contribution in [3.8, 4) is 17.3 Å². The molecule has 2 aromatic heterocycles. The number of ether oxygens (including phenoxy) is 2. The fraction of sp³-hybridized carbons (Fsp3) is 0.174. The second-order valence-corrected chi connectivity index (χ2v) is 9.12. The molecule has 0 amide bonds. The molecule has 2 heterocycles. The van der Waals surface area contributed by atoms with E-state index in [1.54, 1.807) is 41.1 Å². The highest BCUT2D eigenvalue weighted by Gasteiger charge is 2.17. The Morgan fingerprint density at radius 1 is 0.824 bits per heavy atom. The number of aryl methyl sites for hydroxylation is 2. The molecule has 0 aliphatic heterocycles. The summed E-state index contributed by atoms with van der Waals surface area (Å²) in [5, 5.41) is 16.0. The number of anilines is 3. The van der Waals surface area contributed by atoms with E-state index in [-0.39, 0.29) is 4.90 Å². The molecule has 176 valence electrons. The molecule has 0 bridgehead atoms. The maximum Gasteiger partial charge on any atom is 0.262 e. The van der Waals surface area contributed by atoms with Crippen LogP contribution in [0.1, 0.15) is 11.4 Å². The normalized spacial score (nSPS) is 11.2. The van der Waals surface area contributed by atoms with Crippen molar-refractivity contribution in [1.82, 2.24) is 20.0 Å². The van der Waals surface area contributed by atoms with Crippen LogP contribution in [0.5, 0.6) is 11.5 Å². The van der Waals surface area contributed by atoms with E-state index in [4.69, 9.17) is 9.47 Å². The van der Waals surface area contributed by atoms with Crippen molar-refractivity contribution in [1.29, 1.82) is 0 Å². The molecule has 2 N–H and O–H groups in total. The Balaban J connectivity index is 1.44. The predicted octanol–water partition coefficient (Wildman–Crippen LogP) is 3.84. The SMILES string of the molecule is COc1ccc(S(=O)(=O)Nc2ccc(Nc3ccc(-n4nc(C)cc4C)nn3)cc2)cc1OC. The fourth-order valence-electron chi connectivity index (χ4n) is 3.33. The minimum atomic E-state index is -3.81. The molecule has 10 nitrogen and oxygen atoms in total. The van der Waals surface area contributed by atoms with Crippen LogP contribution in [0, 0.1) is 13.8 Å². The van der Waals surface area contributed by atoms with Gasteiger partial charge in [0.2, 0.25) is 0 Å². The summed E-state index contributed by atoms with van der Waals surface area (Å²) in [7, 11) is -0.876. The molecule has 0 radical (unpaired) electrons.